The van der Waals surface area contributed by atoms with Gasteiger partial charge in [0.25, 0.3) is 5.91 Å². The summed E-state index contributed by atoms with van der Waals surface area (Å²) in [6, 6.07) is 11.1. The lowest BCUT2D eigenvalue weighted by atomic mass is 10.1. The molecule has 2 aromatic rings. The minimum absolute atomic E-state index is 0.110. The zero-order valence-corrected chi connectivity index (χ0v) is 11.6. The van der Waals surface area contributed by atoms with E-state index < -0.39 is 0 Å². The van der Waals surface area contributed by atoms with E-state index in [0.29, 0.717) is 5.56 Å². The average Bonchev–Trinajstić information content (AvgIpc) is 2.39. The minimum atomic E-state index is -0.110. The fraction of sp³-hybridized carbons (Fsp3) is 0.143. The Labute approximate surface area is 114 Å². The largest absolute Gasteiger partial charge is 0.322 e. The van der Waals surface area contributed by atoms with Gasteiger partial charge in [0, 0.05) is 28.5 Å². The number of anilines is 1. The number of carbonyl (C=O) groups excluding carboxylic acids is 1. The first-order valence-electron chi connectivity index (χ1n) is 5.58. The van der Waals surface area contributed by atoms with Gasteiger partial charge in [0.15, 0.2) is 0 Å². The Bertz CT molecular complexity index is 552. The Balaban J connectivity index is 2.11. The number of aryl methyl sites for hydroxylation is 1. The van der Waals surface area contributed by atoms with Crippen molar-refractivity contribution in [1.29, 1.82) is 0 Å². The highest BCUT2D eigenvalue weighted by Crippen LogP contribution is 2.12. The van der Waals surface area contributed by atoms with E-state index in [9.17, 15) is 4.79 Å². The van der Waals surface area contributed by atoms with Crippen molar-refractivity contribution < 1.29 is 4.79 Å². The first-order valence-corrected chi connectivity index (χ1v) is 6.70. The summed E-state index contributed by atoms with van der Waals surface area (Å²) in [4.78, 5) is 16.1. The highest BCUT2D eigenvalue weighted by Gasteiger charge is 2.05. The Kier molecular flexibility index (Phi) is 4.10. The molecule has 0 aliphatic rings. The van der Waals surface area contributed by atoms with Crippen LogP contribution >= 0.6 is 15.9 Å². The van der Waals surface area contributed by atoms with Crippen LogP contribution in [0.25, 0.3) is 0 Å². The predicted molar refractivity (Wildman–Crippen MR) is 76.0 cm³/mol. The van der Waals surface area contributed by atoms with Crippen LogP contribution in [0.4, 0.5) is 5.69 Å². The SMILES string of the molecule is Cc1cc(NC(=O)c2ccc(CBr)cc2)ccn1. The number of halogens is 1. The monoisotopic (exact) mass is 304 g/mol. The molecule has 4 heteroatoms. The van der Waals surface area contributed by atoms with Crippen LogP contribution < -0.4 is 5.32 Å². The van der Waals surface area contributed by atoms with Crippen LogP contribution in [0, 0.1) is 6.92 Å². The van der Waals surface area contributed by atoms with Gasteiger partial charge in [-0.15, -0.1) is 0 Å². The van der Waals surface area contributed by atoms with E-state index >= 15 is 0 Å². The van der Waals surface area contributed by atoms with Crippen LogP contribution in [-0.4, -0.2) is 10.9 Å². The Hall–Kier alpha value is -1.68. The molecule has 1 aromatic carbocycles. The summed E-state index contributed by atoms with van der Waals surface area (Å²) in [5.74, 6) is -0.110. The number of nitrogens with zero attached hydrogens (tertiary/aromatic N) is 1. The van der Waals surface area contributed by atoms with Crippen molar-refractivity contribution in [2.45, 2.75) is 12.3 Å². The van der Waals surface area contributed by atoms with Crippen LogP contribution in [0.15, 0.2) is 42.6 Å². The third kappa shape index (κ3) is 3.17. The first kappa shape index (κ1) is 12.8. The number of aromatic nitrogens is 1. The van der Waals surface area contributed by atoms with Crippen LogP contribution in [0.5, 0.6) is 0 Å². The standard InChI is InChI=1S/C14H13BrN2O/c1-10-8-13(6-7-16-10)17-14(18)12-4-2-11(9-15)3-5-12/h2-8H,9H2,1H3,(H,16,17,18). The number of carbonyl (C=O) groups is 1. The van der Waals surface area contributed by atoms with Crippen LogP contribution in [0.3, 0.4) is 0 Å². The van der Waals surface area contributed by atoms with Gasteiger partial charge in [-0.25, -0.2) is 0 Å². The fourth-order valence-electron chi connectivity index (χ4n) is 1.57. The number of rotatable bonds is 3. The molecule has 1 N–H and O–H groups in total. The lowest BCUT2D eigenvalue weighted by Gasteiger charge is -2.06. The summed E-state index contributed by atoms with van der Waals surface area (Å²) in [6.45, 7) is 1.89. The first-order chi connectivity index (χ1) is 8.69. The molecule has 1 aromatic heterocycles. The molecule has 0 fully saturated rings. The molecular formula is C14H13BrN2O. The summed E-state index contributed by atoms with van der Waals surface area (Å²) < 4.78 is 0. The van der Waals surface area contributed by atoms with Crippen molar-refractivity contribution in [2.24, 2.45) is 0 Å². The van der Waals surface area contributed by atoms with Gasteiger partial charge in [0.2, 0.25) is 0 Å². The Morgan fingerprint density at radius 3 is 2.61 bits per heavy atom. The summed E-state index contributed by atoms with van der Waals surface area (Å²) in [5, 5.41) is 3.64. The number of hydrogen-bond acceptors (Lipinski definition) is 2. The molecule has 1 heterocycles. The Morgan fingerprint density at radius 1 is 1.28 bits per heavy atom. The van der Waals surface area contributed by atoms with Gasteiger partial charge in [-0.05, 0) is 36.8 Å². The number of nitrogens with one attached hydrogen (secondary N) is 1. The van der Waals surface area contributed by atoms with Gasteiger partial charge < -0.3 is 5.32 Å². The van der Waals surface area contributed by atoms with Crippen molar-refractivity contribution in [2.75, 3.05) is 5.32 Å². The van der Waals surface area contributed by atoms with E-state index in [1.807, 2.05) is 37.3 Å². The van der Waals surface area contributed by atoms with E-state index in [0.717, 1.165) is 22.3 Å². The van der Waals surface area contributed by atoms with Gasteiger partial charge in [-0.2, -0.15) is 0 Å². The maximum absolute atomic E-state index is 12.0. The maximum atomic E-state index is 12.0. The number of pyridine rings is 1. The normalized spacial score (nSPS) is 10.1. The molecule has 3 nitrogen and oxygen atoms in total. The van der Waals surface area contributed by atoms with Crippen molar-refractivity contribution in [3.63, 3.8) is 0 Å². The van der Waals surface area contributed by atoms with Crippen LogP contribution in [-0.2, 0) is 5.33 Å². The third-order valence-corrected chi connectivity index (χ3v) is 3.17. The fourth-order valence-corrected chi connectivity index (χ4v) is 1.95. The van der Waals surface area contributed by atoms with Gasteiger partial charge >= 0.3 is 0 Å². The highest BCUT2D eigenvalue weighted by molar-refractivity contribution is 9.08. The topological polar surface area (TPSA) is 42.0 Å². The minimum Gasteiger partial charge on any atom is -0.322 e. The molecule has 18 heavy (non-hydrogen) atoms. The number of benzene rings is 1. The Morgan fingerprint density at radius 2 is 2.00 bits per heavy atom. The second-order valence-electron chi connectivity index (χ2n) is 3.97. The molecule has 0 atom stereocenters. The summed E-state index contributed by atoms with van der Waals surface area (Å²) in [7, 11) is 0. The molecular weight excluding hydrogens is 292 g/mol. The van der Waals surface area contributed by atoms with Crippen LogP contribution in [0.1, 0.15) is 21.6 Å². The second-order valence-corrected chi connectivity index (χ2v) is 4.53. The van der Waals surface area contributed by atoms with Gasteiger partial charge in [0.05, 0.1) is 0 Å². The zero-order valence-electron chi connectivity index (χ0n) is 9.98. The summed E-state index contributed by atoms with van der Waals surface area (Å²) >= 11 is 3.37. The van der Waals surface area contributed by atoms with Gasteiger partial charge in [-0.1, -0.05) is 28.1 Å². The van der Waals surface area contributed by atoms with E-state index in [1.54, 1.807) is 12.3 Å². The van der Waals surface area contributed by atoms with Gasteiger partial charge in [-0.3, -0.25) is 9.78 Å². The maximum Gasteiger partial charge on any atom is 0.255 e. The van der Waals surface area contributed by atoms with E-state index in [4.69, 9.17) is 0 Å². The molecule has 1 amide bonds. The lowest BCUT2D eigenvalue weighted by molar-refractivity contribution is 0.102. The smallest absolute Gasteiger partial charge is 0.255 e. The molecule has 0 unspecified atom stereocenters. The molecule has 0 spiro atoms. The van der Waals surface area contributed by atoms with Gasteiger partial charge in [0.1, 0.15) is 0 Å². The van der Waals surface area contributed by atoms with Crippen molar-refractivity contribution in [3.8, 4) is 0 Å². The van der Waals surface area contributed by atoms with E-state index in [2.05, 4.69) is 26.2 Å². The molecule has 0 aliphatic carbocycles. The summed E-state index contributed by atoms with van der Waals surface area (Å²) in [6.07, 6.45) is 1.68. The van der Waals surface area contributed by atoms with Crippen molar-refractivity contribution >= 4 is 27.5 Å². The average molecular weight is 305 g/mol. The molecule has 0 saturated heterocycles. The van der Waals surface area contributed by atoms with Crippen LogP contribution in [0.2, 0.25) is 0 Å². The summed E-state index contributed by atoms with van der Waals surface area (Å²) in [5.41, 5.74) is 3.43. The molecule has 92 valence electrons. The zero-order chi connectivity index (χ0) is 13.0. The lowest BCUT2D eigenvalue weighted by Crippen LogP contribution is -2.11. The second kappa shape index (κ2) is 5.78. The molecule has 0 bridgehead atoms. The number of alkyl halides is 1. The quantitative estimate of drug-likeness (QED) is 0.881. The number of amides is 1. The van der Waals surface area contributed by atoms with Crippen molar-refractivity contribution in [3.05, 3.63) is 59.4 Å². The molecule has 0 aliphatic heterocycles. The highest BCUT2D eigenvalue weighted by atomic mass is 79.9. The predicted octanol–water partition coefficient (Wildman–Crippen LogP) is 3.54. The van der Waals surface area contributed by atoms with Crippen molar-refractivity contribution in [1.82, 2.24) is 4.98 Å². The van der Waals surface area contributed by atoms with E-state index in [1.165, 1.54) is 0 Å². The molecule has 2 rings (SSSR count). The van der Waals surface area contributed by atoms with E-state index in [-0.39, 0.29) is 5.91 Å². The molecule has 0 radical (unpaired) electrons. The molecule has 0 saturated carbocycles. The number of hydrogen-bond donors (Lipinski definition) is 1. The third-order valence-electron chi connectivity index (χ3n) is 2.52.